The van der Waals surface area contributed by atoms with E-state index in [-0.39, 0.29) is 24.5 Å². The highest BCUT2D eigenvalue weighted by atomic mass is 32.2. The van der Waals surface area contributed by atoms with Crippen molar-refractivity contribution >= 4 is 19.7 Å². The quantitative estimate of drug-likeness (QED) is 0.398. The molecule has 0 amide bonds. The van der Waals surface area contributed by atoms with Gasteiger partial charge in [-0.05, 0) is 50.3 Å². The van der Waals surface area contributed by atoms with Crippen LogP contribution in [0.4, 0.5) is 13.2 Å². The summed E-state index contributed by atoms with van der Waals surface area (Å²) in [6.07, 6.45) is -1.70. The molecular formula is C24H33F3N2O5S2. The van der Waals surface area contributed by atoms with E-state index in [0.29, 0.717) is 24.2 Å². The molecular weight excluding hydrogens is 517 g/mol. The molecule has 2 atom stereocenters. The number of nitrogens with zero attached hydrogens (tertiary/aromatic N) is 2. The second kappa shape index (κ2) is 10.4. The van der Waals surface area contributed by atoms with E-state index in [1.165, 1.54) is 19.1 Å². The molecule has 0 radical (unpaired) electrons. The summed E-state index contributed by atoms with van der Waals surface area (Å²) in [5.41, 5.74) is -0.585. The van der Waals surface area contributed by atoms with E-state index in [1.807, 2.05) is 0 Å². The fraction of sp³-hybridized carbons (Fsp3) is 0.625. The minimum Gasteiger partial charge on any atom is -0.372 e. The molecule has 0 bridgehead atoms. The van der Waals surface area contributed by atoms with Gasteiger partial charge >= 0.3 is 6.18 Å². The normalized spacial score (nSPS) is 21.7. The predicted molar refractivity (Wildman–Crippen MR) is 129 cm³/mol. The highest BCUT2D eigenvalue weighted by molar-refractivity contribution is 7.92. The van der Waals surface area contributed by atoms with Crippen molar-refractivity contribution in [3.05, 3.63) is 41.6 Å². The summed E-state index contributed by atoms with van der Waals surface area (Å²) in [6, 6.07) is 5.15. The van der Waals surface area contributed by atoms with Crippen LogP contribution in [0.2, 0.25) is 0 Å². The van der Waals surface area contributed by atoms with Gasteiger partial charge in [0.1, 0.15) is 6.10 Å². The van der Waals surface area contributed by atoms with Crippen LogP contribution in [0.25, 0.3) is 0 Å². The number of ether oxygens (including phenoxy) is 1. The van der Waals surface area contributed by atoms with Crippen molar-refractivity contribution < 1.29 is 34.7 Å². The van der Waals surface area contributed by atoms with E-state index in [1.54, 1.807) is 4.68 Å². The average Bonchev–Trinajstić information content (AvgIpc) is 3.21. The van der Waals surface area contributed by atoms with Gasteiger partial charge in [-0.3, -0.25) is 4.68 Å². The van der Waals surface area contributed by atoms with Crippen molar-refractivity contribution in [2.24, 2.45) is 5.92 Å². The number of halogens is 3. The Morgan fingerprint density at radius 2 is 1.86 bits per heavy atom. The molecule has 2 heterocycles. The fourth-order valence-electron chi connectivity index (χ4n) is 4.37. The van der Waals surface area contributed by atoms with Crippen LogP contribution in [0.15, 0.2) is 40.3 Å². The number of hydrogen-bond acceptors (Lipinski definition) is 6. The molecule has 7 nitrogen and oxygen atoms in total. The van der Waals surface area contributed by atoms with Crippen molar-refractivity contribution in [3.63, 3.8) is 0 Å². The Labute approximate surface area is 210 Å². The van der Waals surface area contributed by atoms with Crippen LogP contribution in [0.3, 0.4) is 0 Å². The van der Waals surface area contributed by atoms with Crippen LogP contribution in [-0.2, 0) is 37.1 Å². The smallest absolute Gasteiger partial charge is 0.372 e. The number of benzene rings is 1. The zero-order valence-corrected chi connectivity index (χ0v) is 22.5. The molecule has 12 heteroatoms. The molecule has 1 aliphatic heterocycles. The number of alkyl halides is 3. The summed E-state index contributed by atoms with van der Waals surface area (Å²) in [5.74, 6) is 0.525. The molecule has 0 saturated carbocycles. The predicted octanol–water partition coefficient (Wildman–Crippen LogP) is 5.22. The fourth-order valence-corrected chi connectivity index (χ4v) is 6.78. The van der Waals surface area contributed by atoms with E-state index in [4.69, 9.17) is 4.74 Å². The maximum Gasteiger partial charge on any atom is 0.416 e. The number of unbranched alkanes of at least 4 members (excludes halogenated alkanes) is 1. The second-order valence-corrected chi connectivity index (χ2v) is 14.5. The summed E-state index contributed by atoms with van der Waals surface area (Å²) in [4.78, 5) is -0.403. The Bertz CT molecular complexity index is 1290. The molecule has 2 aromatic rings. The standard InChI is InChI=1S/C24H33F3N2O5S2/c1-17(2)8-5-6-12-29-20(15-22(28-29)35(4,30)31)21-16-23(3,11-13-34-21)36(32,33)19-10-7-9-18(14-19)24(25,26)27/h7,9-10,14-15,17,21H,5-6,8,11-13,16H2,1-4H3. The Hall–Kier alpha value is -1.92. The summed E-state index contributed by atoms with van der Waals surface area (Å²) in [6.45, 7) is 6.21. The molecule has 0 spiro atoms. The van der Waals surface area contributed by atoms with Crippen LogP contribution < -0.4 is 0 Å². The molecule has 1 aromatic carbocycles. The third kappa shape index (κ3) is 6.31. The zero-order chi connectivity index (χ0) is 26.9. The molecule has 202 valence electrons. The first kappa shape index (κ1) is 28.6. The topological polar surface area (TPSA) is 95.3 Å². The van der Waals surface area contributed by atoms with Crippen LogP contribution >= 0.6 is 0 Å². The van der Waals surface area contributed by atoms with Gasteiger partial charge < -0.3 is 4.74 Å². The van der Waals surface area contributed by atoms with Gasteiger partial charge in [-0.1, -0.05) is 32.8 Å². The van der Waals surface area contributed by atoms with Crippen LogP contribution in [0, 0.1) is 5.92 Å². The first-order chi connectivity index (χ1) is 16.5. The lowest BCUT2D eigenvalue weighted by atomic mass is 9.94. The van der Waals surface area contributed by atoms with Crippen LogP contribution in [0.5, 0.6) is 0 Å². The Morgan fingerprint density at radius 3 is 2.47 bits per heavy atom. The maximum absolute atomic E-state index is 13.5. The Morgan fingerprint density at radius 1 is 1.17 bits per heavy atom. The summed E-state index contributed by atoms with van der Waals surface area (Å²) in [7, 11) is -7.80. The summed E-state index contributed by atoms with van der Waals surface area (Å²) in [5, 5.41) is 4.13. The average molecular weight is 551 g/mol. The van der Waals surface area contributed by atoms with Gasteiger partial charge in [-0.2, -0.15) is 18.3 Å². The SMILES string of the molecule is CC(C)CCCCn1nc(S(C)(=O)=O)cc1C1CC(C)(S(=O)(=O)c2cccc(C(F)(F)F)c2)CCO1. The molecule has 1 aromatic heterocycles. The van der Waals surface area contributed by atoms with Crippen molar-refractivity contribution in [2.45, 2.75) is 86.4 Å². The molecule has 1 fully saturated rings. The lowest BCUT2D eigenvalue weighted by Gasteiger charge is -2.37. The van der Waals surface area contributed by atoms with Crippen molar-refractivity contribution in [3.8, 4) is 0 Å². The Balaban J connectivity index is 1.93. The summed E-state index contributed by atoms with van der Waals surface area (Å²) >= 11 is 0. The van der Waals surface area contributed by atoms with E-state index in [2.05, 4.69) is 18.9 Å². The third-order valence-corrected chi connectivity index (χ3v) is 10.1. The number of sulfone groups is 2. The van der Waals surface area contributed by atoms with Crippen molar-refractivity contribution in [2.75, 3.05) is 12.9 Å². The largest absolute Gasteiger partial charge is 0.416 e. The third-order valence-electron chi connectivity index (χ3n) is 6.59. The number of aryl methyl sites for hydroxylation is 1. The first-order valence-electron chi connectivity index (χ1n) is 11.9. The lowest BCUT2D eigenvalue weighted by Crippen LogP contribution is -2.42. The van der Waals surface area contributed by atoms with Gasteiger partial charge in [0, 0.05) is 25.5 Å². The van der Waals surface area contributed by atoms with Gasteiger partial charge in [-0.15, -0.1) is 0 Å². The van der Waals surface area contributed by atoms with Gasteiger partial charge in [0.25, 0.3) is 0 Å². The zero-order valence-electron chi connectivity index (χ0n) is 20.9. The van der Waals surface area contributed by atoms with Crippen LogP contribution in [-0.4, -0.2) is 44.2 Å². The van der Waals surface area contributed by atoms with Gasteiger partial charge in [0.15, 0.2) is 24.7 Å². The number of aromatic nitrogens is 2. The van der Waals surface area contributed by atoms with Crippen molar-refractivity contribution in [1.82, 2.24) is 9.78 Å². The van der Waals surface area contributed by atoms with Gasteiger partial charge in [0.2, 0.25) is 0 Å². The number of rotatable bonds is 9. The molecule has 2 unspecified atom stereocenters. The van der Waals surface area contributed by atoms with E-state index in [0.717, 1.165) is 37.7 Å². The second-order valence-electron chi connectivity index (χ2n) is 10.1. The van der Waals surface area contributed by atoms with Gasteiger partial charge in [0.05, 0.1) is 20.9 Å². The minimum absolute atomic E-state index is 0.0477. The van der Waals surface area contributed by atoms with Gasteiger partial charge in [-0.25, -0.2) is 16.8 Å². The van der Waals surface area contributed by atoms with E-state index in [9.17, 15) is 30.0 Å². The molecule has 1 saturated heterocycles. The number of hydrogen-bond donors (Lipinski definition) is 0. The highest BCUT2D eigenvalue weighted by Gasteiger charge is 2.46. The molecule has 0 aliphatic carbocycles. The van der Waals surface area contributed by atoms with Crippen molar-refractivity contribution in [1.29, 1.82) is 0 Å². The molecule has 3 rings (SSSR count). The Kier molecular flexibility index (Phi) is 8.31. The monoisotopic (exact) mass is 550 g/mol. The lowest BCUT2D eigenvalue weighted by molar-refractivity contribution is -0.137. The minimum atomic E-state index is -4.67. The summed E-state index contributed by atoms with van der Waals surface area (Å²) < 4.78 is 97.1. The van der Waals surface area contributed by atoms with E-state index < -0.39 is 47.2 Å². The molecule has 0 N–H and O–H groups in total. The molecule has 1 aliphatic rings. The first-order valence-corrected chi connectivity index (χ1v) is 15.2. The van der Waals surface area contributed by atoms with Crippen LogP contribution in [0.1, 0.15) is 70.2 Å². The molecule has 36 heavy (non-hydrogen) atoms. The highest BCUT2D eigenvalue weighted by Crippen LogP contribution is 2.43. The van der Waals surface area contributed by atoms with E-state index >= 15 is 0 Å². The maximum atomic E-state index is 13.5.